The molecule has 1 aliphatic carbocycles. The van der Waals surface area contributed by atoms with Gasteiger partial charge >= 0.3 is 0 Å². The van der Waals surface area contributed by atoms with Crippen LogP contribution in [0.3, 0.4) is 0 Å². The van der Waals surface area contributed by atoms with E-state index in [4.69, 9.17) is 37.4 Å². The van der Waals surface area contributed by atoms with E-state index >= 15 is 0 Å². The summed E-state index contributed by atoms with van der Waals surface area (Å²) in [5, 5.41) is 7.15. The third kappa shape index (κ3) is 4.02. The predicted molar refractivity (Wildman–Crippen MR) is 128 cm³/mol. The average Bonchev–Trinajstić information content (AvgIpc) is 3.36. The molecule has 178 valence electrons. The van der Waals surface area contributed by atoms with Crippen molar-refractivity contribution in [3.63, 3.8) is 0 Å². The molecule has 2 aromatic carbocycles. The molecular weight excluding hydrogens is 482 g/mol. The first-order valence-electron chi connectivity index (χ1n) is 11.4. The molecule has 2 bridgehead atoms. The van der Waals surface area contributed by atoms with Crippen molar-refractivity contribution in [2.45, 2.75) is 25.0 Å². The van der Waals surface area contributed by atoms with Crippen LogP contribution in [0.2, 0.25) is 10.0 Å². The van der Waals surface area contributed by atoms with E-state index in [-0.39, 0.29) is 27.9 Å². The Morgan fingerprint density at radius 3 is 2.68 bits per heavy atom. The van der Waals surface area contributed by atoms with Crippen LogP contribution in [0.4, 0.5) is 15.9 Å². The molecule has 0 amide bonds. The molecule has 10 heteroatoms. The molecule has 3 heterocycles. The van der Waals surface area contributed by atoms with Crippen LogP contribution < -0.4 is 20.1 Å². The number of anilines is 2. The molecule has 34 heavy (non-hydrogen) atoms. The van der Waals surface area contributed by atoms with E-state index in [1.807, 2.05) is 12.1 Å². The third-order valence-corrected chi connectivity index (χ3v) is 7.56. The lowest BCUT2D eigenvalue weighted by atomic mass is 9.69. The molecule has 7 nitrogen and oxygen atoms in total. The Morgan fingerprint density at radius 2 is 1.91 bits per heavy atom. The van der Waals surface area contributed by atoms with Gasteiger partial charge in [-0.2, -0.15) is 0 Å². The molecule has 0 radical (unpaired) electrons. The molecule has 2 aliphatic heterocycles. The van der Waals surface area contributed by atoms with E-state index in [1.54, 1.807) is 0 Å². The molecule has 0 unspecified atom stereocenters. The lowest BCUT2D eigenvalue weighted by Gasteiger charge is -2.49. The molecule has 4 atom stereocenters. The number of piperidine rings is 2. The number of nitrogens with zero attached hydrogens (tertiary/aromatic N) is 2. The van der Waals surface area contributed by atoms with Gasteiger partial charge in [0.1, 0.15) is 24.4 Å². The normalized spacial score (nSPS) is 25.7. The molecule has 0 spiro atoms. The van der Waals surface area contributed by atoms with Crippen LogP contribution >= 0.6 is 23.2 Å². The zero-order valence-electron chi connectivity index (χ0n) is 18.2. The maximum Gasteiger partial charge on any atom is 0.166 e. The molecule has 2 saturated heterocycles. The van der Waals surface area contributed by atoms with Crippen molar-refractivity contribution in [2.24, 2.45) is 11.8 Å². The van der Waals surface area contributed by atoms with Gasteiger partial charge in [-0.1, -0.05) is 23.2 Å². The van der Waals surface area contributed by atoms with E-state index in [0.29, 0.717) is 53.3 Å². The second kappa shape index (κ2) is 9.00. The van der Waals surface area contributed by atoms with Crippen LogP contribution in [0.15, 0.2) is 30.6 Å². The molecule has 1 saturated carbocycles. The SMILES string of the molecule is Fc1c(Nc2ncnc3cc(O[C@H]4CCOC4)c(O[C@@H]4[C@@H]5CNC[C@H]4C5)cc23)ccc(Cl)c1Cl. The largest absolute Gasteiger partial charge is 0.486 e. The van der Waals surface area contributed by atoms with Gasteiger partial charge in [-0.25, -0.2) is 14.4 Å². The fourth-order valence-electron chi connectivity index (χ4n) is 4.92. The van der Waals surface area contributed by atoms with Crippen molar-refractivity contribution in [3.05, 3.63) is 46.5 Å². The summed E-state index contributed by atoms with van der Waals surface area (Å²) in [6.45, 7) is 3.13. The van der Waals surface area contributed by atoms with E-state index in [2.05, 4.69) is 20.6 Å². The summed E-state index contributed by atoms with van der Waals surface area (Å²) in [5.74, 6) is 2.01. The maximum atomic E-state index is 14.7. The molecular formula is C24H23Cl2FN4O3. The standard InChI is InChI=1S/C24H23Cl2FN4O3/c25-16-1-2-17(22(27)21(16)26)31-24-15-6-19(34-23-12-5-13(23)9-28-8-12)20(7-18(15)29-11-30-24)33-14-3-4-32-10-14/h1-2,6-7,11-14,23,28H,3-5,8-10H2,(H,29,30,31)/t12-,13+,14-,23+/m0/s1. The number of nitrogens with one attached hydrogen (secondary N) is 2. The van der Waals surface area contributed by atoms with E-state index in [0.717, 1.165) is 19.5 Å². The summed E-state index contributed by atoms with van der Waals surface area (Å²) in [7, 11) is 0. The van der Waals surface area contributed by atoms with Gasteiger partial charge in [0.05, 0.1) is 34.5 Å². The number of aromatic nitrogens is 2. The van der Waals surface area contributed by atoms with Crippen LogP contribution in [0, 0.1) is 17.7 Å². The van der Waals surface area contributed by atoms with Crippen LogP contribution in [0.25, 0.3) is 10.9 Å². The quantitative estimate of drug-likeness (QED) is 0.458. The van der Waals surface area contributed by atoms with Crippen molar-refractivity contribution < 1.29 is 18.6 Å². The third-order valence-electron chi connectivity index (χ3n) is 6.78. The van der Waals surface area contributed by atoms with Crippen LogP contribution in [0.5, 0.6) is 11.5 Å². The lowest BCUT2D eigenvalue weighted by molar-refractivity contribution is -0.0463. The van der Waals surface area contributed by atoms with Crippen LogP contribution in [-0.2, 0) is 4.74 Å². The van der Waals surface area contributed by atoms with E-state index in [9.17, 15) is 4.39 Å². The topological polar surface area (TPSA) is 77.5 Å². The highest BCUT2D eigenvalue weighted by Gasteiger charge is 2.46. The van der Waals surface area contributed by atoms with Crippen LogP contribution in [0.1, 0.15) is 12.8 Å². The number of hydrogen-bond acceptors (Lipinski definition) is 7. The summed E-state index contributed by atoms with van der Waals surface area (Å²) in [6.07, 6.45) is 3.51. The second-order valence-electron chi connectivity index (χ2n) is 8.99. The van der Waals surface area contributed by atoms with Crippen molar-refractivity contribution >= 4 is 45.6 Å². The van der Waals surface area contributed by atoms with Gasteiger partial charge in [0.15, 0.2) is 17.3 Å². The average molecular weight is 505 g/mol. The summed E-state index contributed by atoms with van der Waals surface area (Å²) in [6, 6.07) is 6.79. The number of rotatable bonds is 6. The predicted octanol–water partition coefficient (Wildman–Crippen LogP) is 4.97. The lowest BCUT2D eigenvalue weighted by Crippen LogP contribution is -2.59. The molecule has 2 N–H and O–H groups in total. The number of benzene rings is 2. The fourth-order valence-corrected chi connectivity index (χ4v) is 5.23. The van der Waals surface area contributed by atoms with Gasteiger partial charge in [-0.05, 0) is 24.6 Å². The molecule has 3 fully saturated rings. The zero-order valence-corrected chi connectivity index (χ0v) is 19.7. The molecule has 3 aliphatic rings. The molecule has 6 rings (SSSR count). The smallest absolute Gasteiger partial charge is 0.166 e. The first kappa shape index (κ1) is 22.1. The van der Waals surface area contributed by atoms with Crippen molar-refractivity contribution in [1.29, 1.82) is 0 Å². The highest BCUT2D eigenvalue weighted by atomic mass is 35.5. The van der Waals surface area contributed by atoms with Gasteiger partial charge < -0.3 is 24.8 Å². The molecule has 3 aromatic rings. The minimum absolute atomic E-state index is 0.0351. The van der Waals surface area contributed by atoms with E-state index < -0.39 is 5.82 Å². The Bertz CT molecular complexity index is 1230. The first-order valence-corrected chi connectivity index (χ1v) is 12.1. The Morgan fingerprint density at radius 1 is 1.09 bits per heavy atom. The monoisotopic (exact) mass is 504 g/mol. The summed E-state index contributed by atoms with van der Waals surface area (Å²) in [5.41, 5.74) is 0.814. The minimum Gasteiger partial charge on any atom is -0.486 e. The Balaban J connectivity index is 1.38. The zero-order chi connectivity index (χ0) is 23.2. The number of fused-ring (bicyclic) bond motifs is 3. The van der Waals surface area contributed by atoms with Crippen molar-refractivity contribution in [1.82, 2.24) is 15.3 Å². The number of hydrogen-bond donors (Lipinski definition) is 2. The Labute approximate surface area is 205 Å². The Hall–Kier alpha value is -2.39. The van der Waals surface area contributed by atoms with Crippen molar-refractivity contribution in [3.8, 4) is 11.5 Å². The second-order valence-corrected chi connectivity index (χ2v) is 9.77. The fraction of sp³-hybridized carbons (Fsp3) is 0.417. The Kier molecular flexibility index (Phi) is 5.85. The maximum absolute atomic E-state index is 14.7. The number of ether oxygens (including phenoxy) is 3. The summed E-state index contributed by atoms with van der Waals surface area (Å²) >= 11 is 11.9. The van der Waals surface area contributed by atoms with Gasteiger partial charge in [0.25, 0.3) is 0 Å². The van der Waals surface area contributed by atoms with Crippen molar-refractivity contribution in [2.75, 3.05) is 31.6 Å². The first-order chi connectivity index (χ1) is 16.6. The van der Waals surface area contributed by atoms with E-state index in [1.165, 1.54) is 24.9 Å². The van der Waals surface area contributed by atoms with Crippen LogP contribution in [-0.4, -0.2) is 48.5 Å². The van der Waals surface area contributed by atoms with Gasteiger partial charge in [-0.3, -0.25) is 0 Å². The highest BCUT2D eigenvalue weighted by Crippen LogP contribution is 2.44. The van der Waals surface area contributed by atoms with Gasteiger partial charge in [-0.15, -0.1) is 0 Å². The van der Waals surface area contributed by atoms with Gasteiger partial charge in [0, 0.05) is 42.8 Å². The minimum atomic E-state index is -0.645. The van der Waals surface area contributed by atoms with Gasteiger partial charge in [0.2, 0.25) is 0 Å². The number of halogens is 3. The summed E-state index contributed by atoms with van der Waals surface area (Å²) in [4.78, 5) is 8.76. The summed E-state index contributed by atoms with van der Waals surface area (Å²) < 4.78 is 33.0. The molecule has 1 aromatic heterocycles. The highest BCUT2D eigenvalue weighted by molar-refractivity contribution is 6.42.